The average Bonchev–Trinajstić information content (AvgIpc) is 2.17. The zero-order valence-corrected chi connectivity index (χ0v) is 7.54. The van der Waals surface area contributed by atoms with E-state index in [0.717, 1.165) is 6.07 Å². The number of hydrogen-bond donors (Lipinski definition) is 1. The summed E-state index contributed by atoms with van der Waals surface area (Å²) in [7, 11) is 0. The number of rotatable bonds is 2. The number of hydrogen-bond acceptors (Lipinski definition) is 4. The molecule has 0 radical (unpaired) electrons. The Balaban J connectivity index is 3.35. The van der Waals surface area contributed by atoms with Gasteiger partial charge in [-0.2, -0.15) is 10.5 Å². The standard InChI is InChI=1S/C9H6F2N4/c10-8(11)7-3-5(1-2-12)6(4-13)9(14)15-7/h3,8H,1H2,(H2,14,15). The number of nitrogens with two attached hydrogens (primary N) is 1. The fourth-order valence-corrected chi connectivity index (χ4v) is 1.11. The summed E-state index contributed by atoms with van der Waals surface area (Å²) < 4.78 is 24.6. The number of nitriles is 2. The molecule has 0 unspecified atom stereocenters. The molecule has 0 fully saturated rings. The molecule has 1 rings (SSSR count). The molecule has 0 aromatic carbocycles. The molecule has 0 bridgehead atoms. The van der Waals surface area contributed by atoms with Crippen LogP contribution in [0, 0.1) is 22.7 Å². The molecular weight excluding hydrogens is 202 g/mol. The van der Waals surface area contributed by atoms with Crippen molar-refractivity contribution in [3.05, 3.63) is 22.9 Å². The van der Waals surface area contributed by atoms with Crippen LogP contribution in [0.1, 0.15) is 23.2 Å². The van der Waals surface area contributed by atoms with Crippen LogP contribution in [0.15, 0.2) is 6.07 Å². The van der Waals surface area contributed by atoms with E-state index in [-0.39, 0.29) is 23.4 Å². The molecule has 0 amide bonds. The molecule has 1 aromatic heterocycles. The van der Waals surface area contributed by atoms with Crippen molar-refractivity contribution in [2.45, 2.75) is 12.8 Å². The highest BCUT2D eigenvalue weighted by Crippen LogP contribution is 2.23. The topological polar surface area (TPSA) is 86.5 Å². The maximum absolute atomic E-state index is 12.3. The molecule has 15 heavy (non-hydrogen) atoms. The Morgan fingerprint density at radius 2 is 2.13 bits per heavy atom. The first-order valence-corrected chi connectivity index (χ1v) is 3.94. The lowest BCUT2D eigenvalue weighted by Gasteiger charge is -2.06. The predicted molar refractivity (Wildman–Crippen MR) is 47.6 cm³/mol. The highest BCUT2D eigenvalue weighted by molar-refractivity contribution is 5.54. The van der Waals surface area contributed by atoms with E-state index in [1.54, 1.807) is 12.1 Å². The van der Waals surface area contributed by atoms with Crippen LogP contribution in [0.4, 0.5) is 14.6 Å². The average molecular weight is 208 g/mol. The van der Waals surface area contributed by atoms with Gasteiger partial charge in [0, 0.05) is 0 Å². The fraction of sp³-hybridized carbons (Fsp3) is 0.222. The van der Waals surface area contributed by atoms with Gasteiger partial charge in [0.25, 0.3) is 6.43 Å². The first kappa shape index (κ1) is 10.9. The fourth-order valence-electron chi connectivity index (χ4n) is 1.11. The van der Waals surface area contributed by atoms with Crippen LogP contribution in [-0.4, -0.2) is 4.98 Å². The van der Waals surface area contributed by atoms with Crippen molar-refractivity contribution < 1.29 is 8.78 Å². The zero-order valence-electron chi connectivity index (χ0n) is 7.54. The summed E-state index contributed by atoms with van der Waals surface area (Å²) in [4.78, 5) is 3.38. The SMILES string of the molecule is N#CCc1cc(C(F)F)nc(N)c1C#N. The molecule has 1 aromatic rings. The molecular formula is C9H6F2N4. The second-order valence-electron chi connectivity index (χ2n) is 2.71. The maximum Gasteiger partial charge on any atom is 0.280 e. The van der Waals surface area contributed by atoms with Crippen molar-refractivity contribution in [3.63, 3.8) is 0 Å². The molecule has 6 heteroatoms. The summed E-state index contributed by atoms with van der Waals surface area (Å²) in [5.41, 5.74) is 4.98. The van der Waals surface area contributed by atoms with Crippen LogP contribution >= 0.6 is 0 Å². The summed E-state index contributed by atoms with van der Waals surface area (Å²) in [6, 6.07) is 4.53. The van der Waals surface area contributed by atoms with E-state index >= 15 is 0 Å². The number of pyridine rings is 1. The third-order valence-corrected chi connectivity index (χ3v) is 1.75. The van der Waals surface area contributed by atoms with E-state index in [4.69, 9.17) is 16.3 Å². The van der Waals surface area contributed by atoms with E-state index in [9.17, 15) is 8.78 Å². The molecule has 0 aliphatic rings. The predicted octanol–water partition coefficient (Wildman–Crippen LogP) is 1.54. The molecule has 0 atom stereocenters. The number of halogens is 2. The molecule has 0 aliphatic heterocycles. The number of anilines is 1. The quantitative estimate of drug-likeness (QED) is 0.798. The van der Waals surface area contributed by atoms with Gasteiger partial charge in [-0.15, -0.1) is 0 Å². The van der Waals surface area contributed by atoms with Crippen LogP contribution in [0.3, 0.4) is 0 Å². The molecule has 76 valence electrons. The highest BCUT2D eigenvalue weighted by Gasteiger charge is 2.15. The first-order valence-electron chi connectivity index (χ1n) is 3.94. The Bertz CT molecular complexity index is 456. The molecule has 1 heterocycles. The lowest BCUT2D eigenvalue weighted by Crippen LogP contribution is -2.03. The van der Waals surface area contributed by atoms with Gasteiger partial charge < -0.3 is 5.73 Å². The second-order valence-corrected chi connectivity index (χ2v) is 2.71. The summed E-state index contributed by atoms with van der Waals surface area (Å²) in [5.74, 6) is -0.263. The molecule has 0 saturated carbocycles. The van der Waals surface area contributed by atoms with Gasteiger partial charge in [-0.25, -0.2) is 13.8 Å². The number of aromatic nitrogens is 1. The van der Waals surface area contributed by atoms with Crippen LogP contribution in [0.2, 0.25) is 0 Å². The van der Waals surface area contributed by atoms with E-state index in [1.165, 1.54) is 0 Å². The summed E-state index contributed by atoms with van der Waals surface area (Å²) in [6.45, 7) is 0. The second kappa shape index (κ2) is 4.34. The maximum atomic E-state index is 12.3. The Morgan fingerprint density at radius 1 is 1.47 bits per heavy atom. The summed E-state index contributed by atoms with van der Waals surface area (Å²) in [5, 5.41) is 17.1. The molecule has 0 aliphatic carbocycles. The van der Waals surface area contributed by atoms with Gasteiger partial charge in [0.1, 0.15) is 17.6 Å². The molecule has 0 saturated heterocycles. The lowest BCUT2D eigenvalue weighted by atomic mass is 10.1. The Hall–Kier alpha value is -2.21. The van der Waals surface area contributed by atoms with Crippen LogP contribution in [0.5, 0.6) is 0 Å². The largest absolute Gasteiger partial charge is 0.383 e. The van der Waals surface area contributed by atoms with Gasteiger partial charge in [0.15, 0.2) is 0 Å². The van der Waals surface area contributed by atoms with Crippen molar-refractivity contribution >= 4 is 5.82 Å². The minimum atomic E-state index is -2.77. The van der Waals surface area contributed by atoms with Gasteiger partial charge in [-0.05, 0) is 11.6 Å². The van der Waals surface area contributed by atoms with Gasteiger partial charge in [-0.3, -0.25) is 0 Å². The molecule has 0 spiro atoms. The van der Waals surface area contributed by atoms with Gasteiger partial charge in [-0.1, -0.05) is 0 Å². The Labute approximate surface area is 84.6 Å². The number of nitrogens with zero attached hydrogens (tertiary/aromatic N) is 3. The third kappa shape index (κ3) is 2.18. The van der Waals surface area contributed by atoms with E-state index < -0.39 is 12.1 Å². The van der Waals surface area contributed by atoms with E-state index in [2.05, 4.69) is 4.98 Å². The highest BCUT2D eigenvalue weighted by atomic mass is 19.3. The van der Waals surface area contributed by atoms with Crippen molar-refractivity contribution in [2.24, 2.45) is 0 Å². The zero-order chi connectivity index (χ0) is 11.4. The third-order valence-electron chi connectivity index (χ3n) is 1.75. The van der Waals surface area contributed by atoms with E-state index in [1.807, 2.05) is 0 Å². The van der Waals surface area contributed by atoms with Gasteiger partial charge in [0.2, 0.25) is 0 Å². The van der Waals surface area contributed by atoms with Gasteiger partial charge >= 0.3 is 0 Å². The van der Waals surface area contributed by atoms with Crippen LogP contribution < -0.4 is 5.73 Å². The van der Waals surface area contributed by atoms with Crippen molar-refractivity contribution in [1.82, 2.24) is 4.98 Å². The smallest absolute Gasteiger partial charge is 0.280 e. The minimum absolute atomic E-state index is 0.0130. The number of alkyl halides is 2. The molecule has 2 N–H and O–H groups in total. The molecule has 4 nitrogen and oxygen atoms in total. The monoisotopic (exact) mass is 208 g/mol. The number of nitrogen functional groups attached to an aromatic ring is 1. The van der Waals surface area contributed by atoms with E-state index in [0.29, 0.717) is 0 Å². The summed E-state index contributed by atoms with van der Waals surface area (Å²) >= 11 is 0. The summed E-state index contributed by atoms with van der Waals surface area (Å²) in [6.07, 6.45) is -2.91. The Kier molecular flexibility index (Phi) is 3.14. The Morgan fingerprint density at radius 3 is 2.60 bits per heavy atom. The van der Waals surface area contributed by atoms with Crippen molar-refractivity contribution in [1.29, 1.82) is 10.5 Å². The van der Waals surface area contributed by atoms with Crippen molar-refractivity contribution in [3.8, 4) is 12.1 Å². The minimum Gasteiger partial charge on any atom is -0.383 e. The first-order chi connectivity index (χ1) is 7.10. The lowest BCUT2D eigenvalue weighted by molar-refractivity contribution is 0.146. The van der Waals surface area contributed by atoms with Crippen molar-refractivity contribution in [2.75, 3.05) is 5.73 Å². The van der Waals surface area contributed by atoms with Crippen LogP contribution in [0.25, 0.3) is 0 Å². The normalized spacial score (nSPS) is 9.67. The van der Waals surface area contributed by atoms with Crippen LogP contribution in [-0.2, 0) is 6.42 Å². The van der Waals surface area contributed by atoms with Gasteiger partial charge in [0.05, 0.1) is 18.1 Å².